The zero-order valence-corrected chi connectivity index (χ0v) is 12.9. The lowest BCUT2D eigenvalue weighted by Gasteiger charge is -2.25. The lowest BCUT2D eigenvalue weighted by Crippen LogP contribution is -2.42. The van der Waals surface area contributed by atoms with Crippen LogP contribution in [0.2, 0.25) is 0 Å². The van der Waals surface area contributed by atoms with Crippen LogP contribution in [0.1, 0.15) is 31.7 Å². The van der Waals surface area contributed by atoms with Gasteiger partial charge in [0.15, 0.2) is 0 Å². The molecule has 1 saturated heterocycles. The van der Waals surface area contributed by atoms with Crippen LogP contribution in [0.4, 0.5) is 0 Å². The van der Waals surface area contributed by atoms with Gasteiger partial charge in [0.05, 0.1) is 12.0 Å². The Labute approximate surface area is 127 Å². The molecule has 0 saturated carbocycles. The standard InChI is InChI=1S/C17H26N2O2/c1-2-17(9-11-18-14-17)16(20)19-10-6-12-21-13-15-7-4-3-5-8-15/h3-5,7-8,18H,2,6,9-14H2,1H3,(H,19,20). The molecule has 0 radical (unpaired) electrons. The molecule has 0 bridgehead atoms. The first-order valence-electron chi connectivity index (χ1n) is 7.87. The van der Waals surface area contributed by atoms with Crippen LogP contribution >= 0.6 is 0 Å². The molecule has 1 aromatic rings. The molecule has 21 heavy (non-hydrogen) atoms. The van der Waals surface area contributed by atoms with E-state index in [-0.39, 0.29) is 11.3 Å². The number of benzene rings is 1. The summed E-state index contributed by atoms with van der Waals surface area (Å²) in [6.07, 6.45) is 2.70. The van der Waals surface area contributed by atoms with Gasteiger partial charge in [-0.15, -0.1) is 0 Å². The molecule has 1 atom stereocenters. The first kappa shape index (κ1) is 16.0. The Morgan fingerprint density at radius 2 is 2.19 bits per heavy atom. The maximum Gasteiger partial charge on any atom is 0.227 e. The van der Waals surface area contributed by atoms with E-state index in [9.17, 15) is 4.79 Å². The molecule has 1 amide bonds. The molecular formula is C17H26N2O2. The number of nitrogens with one attached hydrogen (secondary N) is 2. The number of ether oxygens (including phenoxy) is 1. The molecular weight excluding hydrogens is 264 g/mol. The minimum absolute atomic E-state index is 0.190. The van der Waals surface area contributed by atoms with Crippen molar-refractivity contribution in [3.8, 4) is 0 Å². The third-order valence-electron chi connectivity index (χ3n) is 4.26. The fraction of sp³-hybridized carbons (Fsp3) is 0.588. The highest BCUT2D eigenvalue weighted by molar-refractivity contribution is 5.83. The van der Waals surface area contributed by atoms with Gasteiger partial charge < -0.3 is 15.4 Å². The summed E-state index contributed by atoms with van der Waals surface area (Å²) in [4.78, 5) is 12.3. The highest BCUT2D eigenvalue weighted by atomic mass is 16.5. The lowest BCUT2D eigenvalue weighted by atomic mass is 9.83. The largest absolute Gasteiger partial charge is 0.377 e. The third kappa shape index (κ3) is 4.55. The molecule has 1 fully saturated rings. The van der Waals surface area contributed by atoms with E-state index in [2.05, 4.69) is 29.7 Å². The van der Waals surface area contributed by atoms with Crippen LogP contribution in [-0.2, 0) is 16.1 Å². The second kappa shape index (κ2) is 8.15. The third-order valence-corrected chi connectivity index (χ3v) is 4.26. The Hall–Kier alpha value is -1.39. The van der Waals surface area contributed by atoms with Crippen molar-refractivity contribution in [2.45, 2.75) is 32.8 Å². The van der Waals surface area contributed by atoms with Crippen molar-refractivity contribution < 1.29 is 9.53 Å². The van der Waals surface area contributed by atoms with Crippen molar-refractivity contribution >= 4 is 5.91 Å². The topological polar surface area (TPSA) is 50.4 Å². The summed E-state index contributed by atoms with van der Waals surface area (Å²) < 4.78 is 5.61. The molecule has 1 unspecified atom stereocenters. The zero-order valence-electron chi connectivity index (χ0n) is 12.9. The van der Waals surface area contributed by atoms with Crippen molar-refractivity contribution in [1.29, 1.82) is 0 Å². The van der Waals surface area contributed by atoms with Crippen molar-refractivity contribution in [2.75, 3.05) is 26.2 Å². The summed E-state index contributed by atoms with van der Waals surface area (Å²) in [5.41, 5.74) is 0.994. The van der Waals surface area contributed by atoms with E-state index in [0.29, 0.717) is 19.8 Å². The number of hydrogen-bond acceptors (Lipinski definition) is 3. The molecule has 2 N–H and O–H groups in total. The molecule has 4 nitrogen and oxygen atoms in total. The van der Waals surface area contributed by atoms with Crippen LogP contribution in [0.5, 0.6) is 0 Å². The van der Waals surface area contributed by atoms with E-state index < -0.39 is 0 Å². The van der Waals surface area contributed by atoms with Crippen molar-refractivity contribution in [2.24, 2.45) is 5.41 Å². The quantitative estimate of drug-likeness (QED) is 0.721. The summed E-state index contributed by atoms with van der Waals surface area (Å²) >= 11 is 0. The molecule has 0 aromatic heterocycles. The van der Waals surface area contributed by atoms with Crippen LogP contribution in [0.25, 0.3) is 0 Å². The maximum atomic E-state index is 12.3. The Morgan fingerprint density at radius 3 is 2.86 bits per heavy atom. The Bertz CT molecular complexity index is 428. The van der Waals surface area contributed by atoms with E-state index in [4.69, 9.17) is 4.74 Å². The smallest absolute Gasteiger partial charge is 0.227 e. The molecule has 0 aliphatic carbocycles. The van der Waals surface area contributed by atoms with Gasteiger partial charge in [0.2, 0.25) is 5.91 Å². The van der Waals surface area contributed by atoms with Gasteiger partial charge in [-0.2, -0.15) is 0 Å². The van der Waals surface area contributed by atoms with E-state index >= 15 is 0 Å². The van der Waals surface area contributed by atoms with Gasteiger partial charge in [-0.25, -0.2) is 0 Å². The summed E-state index contributed by atoms with van der Waals surface area (Å²) in [6, 6.07) is 10.1. The van der Waals surface area contributed by atoms with E-state index in [1.165, 1.54) is 5.56 Å². The monoisotopic (exact) mass is 290 g/mol. The summed E-state index contributed by atoms with van der Waals surface area (Å²) in [5.74, 6) is 0.193. The maximum absolute atomic E-state index is 12.3. The van der Waals surface area contributed by atoms with Crippen LogP contribution < -0.4 is 10.6 Å². The van der Waals surface area contributed by atoms with E-state index in [0.717, 1.165) is 32.4 Å². The Kier molecular flexibility index (Phi) is 6.21. The Morgan fingerprint density at radius 1 is 1.38 bits per heavy atom. The van der Waals surface area contributed by atoms with Gasteiger partial charge >= 0.3 is 0 Å². The normalized spacial score (nSPS) is 21.4. The van der Waals surface area contributed by atoms with Crippen molar-refractivity contribution in [3.63, 3.8) is 0 Å². The van der Waals surface area contributed by atoms with Crippen molar-refractivity contribution in [1.82, 2.24) is 10.6 Å². The van der Waals surface area contributed by atoms with Gasteiger partial charge in [-0.3, -0.25) is 4.79 Å². The fourth-order valence-electron chi connectivity index (χ4n) is 2.73. The average Bonchev–Trinajstić information content (AvgIpc) is 3.02. The highest BCUT2D eigenvalue weighted by Gasteiger charge is 2.38. The molecule has 1 aromatic carbocycles. The predicted molar refractivity (Wildman–Crippen MR) is 83.9 cm³/mol. The van der Waals surface area contributed by atoms with E-state index in [1.807, 2.05) is 18.2 Å². The van der Waals surface area contributed by atoms with E-state index in [1.54, 1.807) is 0 Å². The van der Waals surface area contributed by atoms with Crippen LogP contribution in [-0.4, -0.2) is 32.1 Å². The van der Waals surface area contributed by atoms with Crippen LogP contribution in [0, 0.1) is 5.41 Å². The SMILES string of the molecule is CCC1(C(=O)NCCCOCc2ccccc2)CCNC1. The Balaban J connectivity index is 1.58. The van der Waals surface area contributed by atoms with Crippen molar-refractivity contribution in [3.05, 3.63) is 35.9 Å². The number of hydrogen-bond donors (Lipinski definition) is 2. The van der Waals surface area contributed by atoms with Gasteiger partial charge in [-0.05, 0) is 31.4 Å². The molecule has 116 valence electrons. The lowest BCUT2D eigenvalue weighted by molar-refractivity contribution is -0.130. The number of carbonyl (C=O) groups excluding carboxylic acids is 1. The van der Waals surface area contributed by atoms with Gasteiger partial charge in [0.1, 0.15) is 0 Å². The van der Waals surface area contributed by atoms with Crippen LogP contribution in [0.3, 0.4) is 0 Å². The summed E-state index contributed by atoms with van der Waals surface area (Å²) in [7, 11) is 0. The van der Waals surface area contributed by atoms with Crippen LogP contribution in [0.15, 0.2) is 30.3 Å². The molecule has 4 heteroatoms. The molecule has 1 aliphatic heterocycles. The molecule has 1 aliphatic rings. The summed E-state index contributed by atoms with van der Waals surface area (Å²) in [5, 5.41) is 6.34. The first-order chi connectivity index (χ1) is 10.3. The average molecular weight is 290 g/mol. The second-order valence-electron chi connectivity index (χ2n) is 5.71. The molecule has 0 spiro atoms. The zero-order chi connectivity index (χ0) is 15.0. The van der Waals surface area contributed by atoms with Gasteiger partial charge in [-0.1, -0.05) is 37.3 Å². The minimum atomic E-state index is -0.190. The first-order valence-corrected chi connectivity index (χ1v) is 7.87. The van der Waals surface area contributed by atoms with Gasteiger partial charge in [0.25, 0.3) is 0 Å². The number of carbonyl (C=O) groups is 1. The van der Waals surface area contributed by atoms with Gasteiger partial charge in [0, 0.05) is 19.7 Å². The summed E-state index contributed by atoms with van der Waals surface area (Å²) in [6.45, 7) is 5.84. The fourth-order valence-corrected chi connectivity index (χ4v) is 2.73. The minimum Gasteiger partial charge on any atom is -0.377 e. The highest BCUT2D eigenvalue weighted by Crippen LogP contribution is 2.29. The number of amides is 1. The molecule has 1 heterocycles. The number of rotatable bonds is 8. The second-order valence-corrected chi connectivity index (χ2v) is 5.71. The predicted octanol–water partition coefficient (Wildman–Crippen LogP) is 2.10. The molecule has 2 rings (SSSR count).